The molecule has 1 atom stereocenters. The molecule has 2 amide bonds. The van der Waals surface area contributed by atoms with Crippen molar-refractivity contribution in [2.24, 2.45) is 5.41 Å². The molecule has 0 heterocycles. The van der Waals surface area contributed by atoms with Gasteiger partial charge in [0.25, 0.3) is 0 Å². The molecule has 0 saturated heterocycles. The summed E-state index contributed by atoms with van der Waals surface area (Å²) in [5.41, 5.74) is 4.18. The molecule has 170 valence electrons. The number of ether oxygens (including phenoxy) is 1. The van der Waals surface area contributed by atoms with Crippen molar-refractivity contribution in [3.63, 3.8) is 0 Å². The second-order valence-corrected chi connectivity index (χ2v) is 9.09. The van der Waals surface area contributed by atoms with E-state index in [-0.39, 0.29) is 37.8 Å². The summed E-state index contributed by atoms with van der Waals surface area (Å²) in [4.78, 5) is 35.4. The van der Waals surface area contributed by atoms with Crippen LogP contribution in [0.15, 0.2) is 48.5 Å². The molecule has 2 aromatic carbocycles. The Balaban J connectivity index is 1.48. The minimum atomic E-state index is -0.970. The van der Waals surface area contributed by atoms with Crippen molar-refractivity contribution < 1.29 is 24.2 Å². The standard InChI is InChI=1S/C25H30N2O5/c1-25(2,3)21(14-23(29)30)27-22(28)12-13-26-24(31)32-15-20-18-10-6-4-8-16(18)17-9-5-7-11-19(17)20/h4-11,20-21H,12-15H2,1-3H3,(H,26,31)(H,27,28)(H,29,30). The predicted molar refractivity (Wildman–Crippen MR) is 121 cm³/mol. The SMILES string of the molecule is CC(C)(C)C(CC(=O)O)NC(=O)CCNC(=O)OCC1c2ccccc2-c2ccccc21. The summed E-state index contributed by atoms with van der Waals surface area (Å²) < 4.78 is 5.45. The minimum Gasteiger partial charge on any atom is -0.481 e. The first-order valence-electron chi connectivity index (χ1n) is 10.8. The Labute approximate surface area is 188 Å². The van der Waals surface area contributed by atoms with Crippen molar-refractivity contribution in [1.82, 2.24) is 10.6 Å². The highest BCUT2D eigenvalue weighted by atomic mass is 16.5. The molecule has 2 aromatic rings. The number of nitrogens with one attached hydrogen (secondary N) is 2. The molecule has 0 aliphatic heterocycles. The number of amides is 2. The number of benzene rings is 2. The van der Waals surface area contributed by atoms with Crippen LogP contribution in [0.25, 0.3) is 11.1 Å². The van der Waals surface area contributed by atoms with Gasteiger partial charge in [0.05, 0.1) is 6.42 Å². The molecule has 0 aromatic heterocycles. The van der Waals surface area contributed by atoms with E-state index in [4.69, 9.17) is 9.84 Å². The van der Waals surface area contributed by atoms with Crippen LogP contribution in [0.1, 0.15) is 50.7 Å². The van der Waals surface area contributed by atoms with Gasteiger partial charge in [0.15, 0.2) is 0 Å². The first kappa shape index (κ1) is 23.3. The maximum atomic E-state index is 12.2. The Morgan fingerprint density at radius 2 is 1.56 bits per heavy atom. The van der Waals surface area contributed by atoms with Crippen LogP contribution in [0, 0.1) is 5.41 Å². The van der Waals surface area contributed by atoms with Crippen LogP contribution < -0.4 is 10.6 Å². The van der Waals surface area contributed by atoms with E-state index < -0.39 is 23.5 Å². The van der Waals surface area contributed by atoms with Crippen LogP contribution in [-0.2, 0) is 14.3 Å². The molecule has 0 bridgehead atoms. The van der Waals surface area contributed by atoms with Gasteiger partial charge in [-0.3, -0.25) is 9.59 Å². The van der Waals surface area contributed by atoms with Crippen LogP contribution in [0.4, 0.5) is 4.79 Å². The molecule has 0 fully saturated rings. The normalized spacial score (nSPS) is 13.6. The van der Waals surface area contributed by atoms with Crippen molar-refractivity contribution in [3.8, 4) is 11.1 Å². The average molecular weight is 439 g/mol. The zero-order valence-corrected chi connectivity index (χ0v) is 18.7. The minimum absolute atomic E-state index is 0.0278. The first-order chi connectivity index (χ1) is 15.2. The van der Waals surface area contributed by atoms with Gasteiger partial charge in [-0.25, -0.2) is 4.79 Å². The number of aliphatic carboxylic acids is 1. The van der Waals surface area contributed by atoms with Crippen LogP contribution >= 0.6 is 0 Å². The molecule has 1 unspecified atom stereocenters. The van der Waals surface area contributed by atoms with Gasteiger partial charge >= 0.3 is 12.1 Å². The summed E-state index contributed by atoms with van der Waals surface area (Å²) in [5.74, 6) is -1.31. The lowest BCUT2D eigenvalue weighted by Crippen LogP contribution is -2.45. The van der Waals surface area contributed by atoms with Crippen LogP contribution in [0.3, 0.4) is 0 Å². The fourth-order valence-corrected chi connectivity index (χ4v) is 3.94. The van der Waals surface area contributed by atoms with Gasteiger partial charge in [-0.15, -0.1) is 0 Å². The summed E-state index contributed by atoms with van der Waals surface area (Å²) >= 11 is 0. The zero-order chi connectivity index (χ0) is 23.3. The highest BCUT2D eigenvalue weighted by molar-refractivity contribution is 5.80. The topological polar surface area (TPSA) is 105 Å². The van der Waals surface area contributed by atoms with Gasteiger partial charge in [-0.2, -0.15) is 0 Å². The van der Waals surface area contributed by atoms with E-state index in [9.17, 15) is 14.4 Å². The Bertz CT molecular complexity index is 950. The van der Waals surface area contributed by atoms with E-state index in [2.05, 4.69) is 22.8 Å². The molecular formula is C25H30N2O5. The Morgan fingerprint density at radius 3 is 2.09 bits per heavy atom. The zero-order valence-electron chi connectivity index (χ0n) is 18.7. The molecule has 3 rings (SSSR count). The maximum Gasteiger partial charge on any atom is 0.407 e. The second kappa shape index (κ2) is 9.85. The number of fused-ring (bicyclic) bond motifs is 3. The van der Waals surface area contributed by atoms with Gasteiger partial charge in [-0.05, 0) is 27.7 Å². The lowest BCUT2D eigenvalue weighted by Gasteiger charge is -2.30. The largest absolute Gasteiger partial charge is 0.481 e. The number of alkyl carbamates (subject to hydrolysis) is 1. The number of rotatable bonds is 8. The maximum absolute atomic E-state index is 12.2. The molecule has 7 heteroatoms. The van der Waals surface area contributed by atoms with Gasteiger partial charge in [0.1, 0.15) is 6.61 Å². The second-order valence-electron chi connectivity index (χ2n) is 9.09. The number of hydrogen-bond donors (Lipinski definition) is 3. The van der Waals surface area contributed by atoms with Crippen LogP contribution in [0.2, 0.25) is 0 Å². The molecular weight excluding hydrogens is 408 g/mol. The van der Waals surface area contributed by atoms with E-state index >= 15 is 0 Å². The lowest BCUT2D eigenvalue weighted by atomic mass is 9.84. The van der Waals surface area contributed by atoms with Gasteiger partial charge in [-0.1, -0.05) is 69.3 Å². The molecule has 1 aliphatic carbocycles. The predicted octanol–water partition coefficient (Wildman–Crippen LogP) is 3.92. The van der Waals surface area contributed by atoms with Crippen molar-refractivity contribution >= 4 is 18.0 Å². The fourth-order valence-electron chi connectivity index (χ4n) is 3.94. The van der Waals surface area contributed by atoms with Crippen molar-refractivity contribution in [2.75, 3.05) is 13.2 Å². The van der Waals surface area contributed by atoms with Gasteiger partial charge < -0.3 is 20.5 Å². The number of hydrogen-bond acceptors (Lipinski definition) is 4. The molecule has 0 saturated carbocycles. The summed E-state index contributed by atoms with van der Waals surface area (Å²) in [7, 11) is 0. The monoisotopic (exact) mass is 438 g/mol. The summed E-state index contributed by atoms with van der Waals surface area (Å²) in [5, 5.41) is 14.4. The third kappa shape index (κ3) is 5.66. The first-order valence-corrected chi connectivity index (χ1v) is 10.8. The van der Waals surface area contributed by atoms with Crippen molar-refractivity contribution in [2.45, 2.75) is 45.6 Å². The fraction of sp³-hybridized carbons (Fsp3) is 0.400. The van der Waals surface area contributed by atoms with E-state index in [0.717, 1.165) is 22.3 Å². The van der Waals surface area contributed by atoms with Crippen molar-refractivity contribution in [1.29, 1.82) is 0 Å². The van der Waals surface area contributed by atoms with Crippen LogP contribution in [0.5, 0.6) is 0 Å². The summed E-state index contributed by atoms with van der Waals surface area (Å²) in [6, 6.07) is 15.7. The summed E-state index contributed by atoms with van der Waals surface area (Å²) in [6.45, 7) is 5.92. The highest BCUT2D eigenvalue weighted by Crippen LogP contribution is 2.44. The Hall–Kier alpha value is -3.35. The number of carbonyl (C=O) groups is 3. The molecule has 32 heavy (non-hydrogen) atoms. The Kier molecular flexibility index (Phi) is 7.18. The van der Waals surface area contributed by atoms with E-state index in [1.165, 1.54) is 0 Å². The Morgan fingerprint density at radius 1 is 1.00 bits per heavy atom. The van der Waals surface area contributed by atoms with E-state index in [1.807, 2.05) is 57.2 Å². The number of carboxylic acid groups (broad SMARTS) is 1. The molecule has 1 aliphatic rings. The highest BCUT2D eigenvalue weighted by Gasteiger charge is 2.30. The smallest absolute Gasteiger partial charge is 0.407 e. The summed E-state index contributed by atoms with van der Waals surface area (Å²) in [6.07, 6.45) is -0.705. The third-order valence-corrected chi connectivity index (χ3v) is 5.72. The third-order valence-electron chi connectivity index (χ3n) is 5.72. The van der Waals surface area contributed by atoms with E-state index in [0.29, 0.717) is 0 Å². The average Bonchev–Trinajstić information content (AvgIpc) is 3.05. The van der Waals surface area contributed by atoms with E-state index in [1.54, 1.807) is 0 Å². The molecule has 0 spiro atoms. The van der Waals surface area contributed by atoms with Gasteiger partial charge in [0, 0.05) is 24.9 Å². The molecule has 0 radical (unpaired) electrons. The number of carboxylic acids is 1. The van der Waals surface area contributed by atoms with Crippen molar-refractivity contribution in [3.05, 3.63) is 59.7 Å². The molecule has 7 nitrogen and oxygen atoms in total. The van der Waals surface area contributed by atoms with Gasteiger partial charge in [0.2, 0.25) is 5.91 Å². The quantitative estimate of drug-likeness (QED) is 0.579. The van der Waals surface area contributed by atoms with Crippen LogP contribution in [-0.4, -0.2) is 42.3 Å². The number of carbonyl (C=O) groups excluding carboxylic acids is 2. The lowest BCUT2D eigenvalue weighted by molar-refractivity contribution is -0.138. The molecule has 3 N–H and O–H groups in total.